The first-order valence-electron chi connectivity index (χ1n) is 9.59. The number of nitrogens with zero attached hydrogens (tertiary/aromatic N) is 3. The van der Waals surface area contributed by atoms with Gasteiger partial charge in [0, 0.05) is 41.8 Å². The summed E-state index contributed by atoms with van der Waals surface area (Å²) in [5, 5.41) is 2.55. The number of aryl methyl sites for hydroxylation is 1. The largest absolute Gasteiger partial charge is 0.492 e. The monoisotopic (exact) mass is 439 g/mol. The van der Waals surface area contributed by atoms with E-state index >= 15 is 0 Å². The van der Waals surface area contributed by atoms with Crippen molar-refractivity contribution in [3.05, 3.63) is 69.7 Å². The number of amidine groups is 1. The molecule has 0 saturated carbocycles. The zero-order chi connectivity index (χ0) is 21.3. The zero-order valence-corrected chi connectivity index (χ0v) is 18.6. The molecule has 3 aromatic rings. The van der Waals surface area contributed by atoms with Crippen molar-refractivity contribution in [2.45, 2.75) is 13.5 Å². The number of carbonyl (C=O) groups excluding carboxylic acids is 1. The molecule has 0 spiro atoms. The Morgan fingerprint density at radius 2 is 2.03 bits per heavy atom. The van der Waals surface area contributed by atoms with E-state index in [1.807, 2.05) is 43.3 Å². The number of para-hydroxylation sites is 1. The molecule has 30 heavy (non-hydrogen) atoms. The highest BCUT2D eigenvalue weighted by atomic mass is 35.5. The van der Waals surface area contributed by atoms with Crippen LogP contribution in [0.25, 0.3) is 17.0 Å². The van der Waals surface area contributed by atoms with Gasteiger partial charge in [0.05, 0.1) is 11.4 Å². The van der Waals surface area contributed by atoms with E-state index in [2.05, 4.69) is 27.9 Å². The van der Waals surface area contributed by atoms with Gasteiger partial charge in [-0.2, -0.15) is 0 Å². The maximum Gasteiger partial charge on any atom is 0.266 e. The van der Waals surface area contributed by atoms with Gasteiger partial charge in [-0.15, -0.1) is 0 Å². The Morgan fingerprint density at radius 3 is 2.77 bits per heavy atom. The molecule has 7 heteroatoms. The van der Waals surface area contributed by atoms with Crippen molar-refractivity contribution in [3.8, 4) is 5.75 Å². The number of aromatic nitrogens is 1. The number of fused-ring (bicyclic) bond motifs is 1. The van der Waals surface area contributed by atoms with E-state index in [1.165, 1.54) is 11.8 Å². The number of thioether (sulfide) groups is 1. The number of aliphatic imine (C=N–C) groups is 1. The van der Waals surface area contributed by atoms with Crippen molar-refractivity contribution in [2.75, 3.05) is 20.7 Å². The predicted molar refractivity (Wildman–Crippen MR) is 125 cm³/mol. The number of benzene rings is 2. The third-order valence-corrected chi connectivity index (χ3v) is 6.61. The van der Waals surface area contributed by atoms with E-state index in [9.17, 15) is 4.79 Å². The summed E-state index contributed by atoms with van der Waals surface area (Å²) in [7, 11) is 3.45. The molecule has 2 heterocycles. The minimum Gasteiger partial charge on any atom is -0.492 e. The number of amides is 1. The molecule has 0 radical (unpaired) electrons. The summed E-state index contributed by atoms with van der Waals surface area (Å²) in [6, 6.07) is 13.9. The SMILES string of the molecule is CN=C1S/C(=C\c2cn(CCOc3ccc(Cl)c(C)c3)c3ccccc23)C(=O)N1C. The molecular weight excluding hydrogens is 418 g/mol. The molecule has 0 aliphatic carbocycles. The molecule has 0 atom stereocenters. The van der Waals surface area contributed by atoms with Gasteiger partial charge >= 0.3 is 0 Å². The lowest BCUT2D eigenvalue weighted by Crippen LogP contribution is -2.23. The quantitative estimate of drug-likeness (QED) is 0.512. The van der Waals surface area contributed by atoms with Crippen LogP contribution in [0.4, 0.5) is 0 Å². The summed E-state index contributed by atoms with van der Waals surface area (Å²) < 4.78 is 8.08. The van der Waals surface area contributed by atoms with E-state index < -0.39 is 0 Å². The van der Waals surface area contributed by atoms with Crippen molar-refractivity contribution >= 4 is 51.4 Å². The first-order chi connectivity index (χ1) is 14.5. The molecule has 5 nitrogen and oxygen atoms in total. The number of hydrogen-bond donors (Lipinski definition) is 0. The molecule has 1 aromatic heterocycles. The van der Waals surface area contributed by atoms with E-state index in [1.54, 1.807) is 19.0 Å². The van der Waals surface area contributed by atoms with Crippen LogP contribution in [0.3, 0.4) is 0 Å². The highest BCUT2D eigenvalue weighted by molar-refractivity contribution is 8.18. The van der Waals surface area contributed by atoms with Crippen LogP contribution >= 0.6 is 23.4 Å². The number of ether oxygens (including phenoxy) is 1. The van der Waals surface area contributed by atoms with Crippen LogP contribution in [0.5, 0.6) is 5.75 Å². The fraction of sp³-hybridized carbons (Fsp3) is 0.217. The third-order valence-electron chi connectivity index (χ3n) is 5.03. The van der Waals surface area contributed by atoms with Crippen molar-refractivity contribution in [1.29, 1.82) is 0 Å². The summed E-state index contributed by atoms with van der Waals surface area (Å²) in [6.07, 6.45) is 4.02. The van der Waals surface area contributed by atoms with Crippen molar-refractivity contribution in [3.63, 3.8) is 0 Å². The van der Waals surface area contributed by atoms with Crippen LogP contribution in [0.15, 0.2) is 58.6 Å². The van der Waals surface area contributed by atoms with Crippen LogP contribution in [0, 0.1) is 6.92 Å². The number of halogens is 1. The molecular formula is C23H22ClN3O2S. The number of carbonyl (C=O) groups is 1. The molecule has 154 valence electrons. The molecule has 1 aliphatic heterocycles. The molecule has 0 bridgehead atoms. The fourth-order valence-electron chi connectivity index (χ4n) is 3.43. The van der Waals surface area contributed by atoms with Gasteiger partial charge in [0.2, 0.25) is 0 Å². The molecule has 1 aliphatic rings. The number of likely N-dealkylation sites (N-methyl/N-ethyl adjacent to an activating group) is 1. The van der Waals surface area contributed by atoms with Crippen LogP contribution in [0.2, 0.25) is 5.02 Å². The van der Waals surface area contributed by atoms with Gasteiger partial charge in [-0.05, 0) is 54.6 Å². The van der Waals surface area contributed by atoms with E-state index in [-0.39, 0.29) is 5.91 Å². The van der Waals surface area contributed by atoms with Crippen LogP contribution in [-0.4, -0.2) is 41.2 Å². The first-order valence-corrected chi connectivity index (χ1v) is 10.8. The molecule has 1 fully saturated rings. The normalized spacial score (nSPS) is 16.9. The second kappa shape index (κ2) is 8.58. The summed E-state index contributed by atoms with van der Waals surface area (Å²) >= 11 is 7.48. The lowest BCUT2D eigenvalue weighted by atomic mass is 10.1. The Morgan fingerprint density at radius 1 is 1.23 bits per heavy atom. The maximum atomic E-state index is 12.5. The molecule has 1 amide bonds. The second-order valence-electron chi connectivity index (χ2n) is 7.04. The molecule has 0 N–H and O–H groups in total. The van der Waals surface area contributed by atoms with Crippen molar-refractivity contribution in [2.24, 2.45) is 4.99 Å². The summed E-state index contributed by atoms with van der Waals surface area (Å²) in [5.74, 6) is 0.775. The summed E-state index contributed by atoms with van der Waals surface area (Å²) in [5.41, 5.74) is 3.11. The molecule has 2 aromatic carbocycles. The lowest BCUT2D eigenvalue weighted by molar-refractivity contribution is -0.121. The Balaban J connectivity index is 1.57. The Kier molecular flexibility index (Phi) is 5.88. The predicted octanol–water partition coefficient (Wildman–Crippen LogP) is 5.21. The molecule has 4 rings (SSSR count). The average molecular weight is 440 g/mol. The topological polar surface area (TPSA) is 46.8 Å². The van der Waals surface area contributed by atoms with Gasteiger partial charge in [-0.1, -0.05) is 29.8 Å². The van der Waals surface area contributed by atoms with Crippen LogP contribution in [-0.2, 0) is 11.3 Å². The lowest BCUT2D eigenvalue weighted by Gasteiger charge is -2.09. The van der Waals surface area contributed by atoms with Gasteiger partial charge in [-0.25, -0.2) is 0 Å². The summed E-state index contributed by atoms with van der Waals surface area (Å²) in [6.45, 7) is 3.18. The van der Waals surface area contributed by atoms with Crippen LogP contribution in [0.1, 0.15) is 11.1 Å². The average Bonchev–Trinajstić information content (AvgIpc) is 3.23. The van der Waals surface area contributed by atoms with E-state index in [4.69, 9.17) is 16.3 Å². The molecule has 1 saturated heterocycles. The van der Waals surface area contributed by atoms with Gasteiger partial charge in [0.25, 0.3) is 5.91 Å². The zero-order valence-electron chi connectivity index (χ0n) is 17.1. The first kappa shape index (κ1) is 20.6. The van der Waals surface area contributed by atoms with E-state index in [0.29, 0.717) is 23.2 Å². The van der Waals surface area contributed by atoms with Crippen molar-refractivity contribution in [1.82, 2.24) is 9.47 Å². The smallest absolute Gasteiger partial charge is 0.266 e. The Hall–Kier alpha value is -2.70. The highest BCUT2D eigenvalue weighted by Gasteiger charge is 2.30. The highest BCUT2D eigenvalue weighted by Crippen LogP contribution is 2.33. The van der Waals surface area contributed by atoms with Crippen molar-refractivity contribution < 1.29 is 9.53 Å². The number of rotatable bonds is 5. The van der Waals surface area contributed by atoms with Gasteiger partial charge in [0.15, 0.2) is 5.17 Å². The third kappa shape index (κ3) is 3.98. The van der Waals surface area contributed by atoms with E-state index in [0.717, 1.165) is 32.8 Å². The fourth-order valence-corrected chi connectivity index (χ4v) is 4.47. The maximum absolute atomic E-state index is 12.5. The minimum atomic E-state index is -0.0288. The Labute approximate surface area is 185 Å². The Bertz CT molecular complexity index is 1180. The standard InChI is InChI=1S/C23H22ClN3O2S/c1-15-12-17(8-9-19(15)24)29-11-10-27-14-16(18-6-4-5-7-20(18)27)13-21-22(28)26(3)23(25-2)30-21/h4-9,12-14H,10-11H2,1-3H3/b21-13-,25-23?. The van der Waals surface area contributed by atoms with Gasteiger partial charge < -0.3 is 9.30 Å². The van der Waals surface area contributed by atoms with Gasteiger partial charge in [0.1, 0.15) is 12.4 Å². The molecule has 0 unspecified atom stereocenters. The van der Waals surface area contributed by atoms with Gasteiger partial charge in [-0.3, -0.25) is 14.7 Å². The second-order valence-corrected chi connectivity index (χ2v) is 8.45. The number of hydrogen-bond acceptors (Lipinski definition) is 4. The summed E-state index contributed by atoms with van der Waals surface area (Å²) in [4.78, 5) is 19.0. The van der Waals surface area contributed by atoms with Crippen LogP contribution < -0.4 is 4.74 Å². The minimum absolute atomic E-state index is 0.0288.